The highest BCUT2D eigenvalue weighted by Crippen LogP contribution is 2.21. The van der Waals surface area contributed by atoms with Crippen molar-refractivity contribution in [3.05, 3.63) is 0 Å². The molecule has 2 atom stereocenters. The molecule has 2 aliphatic heterocycles. The van der Waals surface area contributed by atoms with Crippen LogP contribution in [0.25, 0.3) is 0 Å². The average Bonchev–Trinajstić information content (AvgIpc) is 2.39. The second-order valence-electron chi connectivity index (χ2n) is 2.72. The quantitative estimate of drug-likeness (QED) is 0.402. The molecule has 2 amide bonds. The van der Waals surface area contributed by atoms with E-state index in [-0.39, 0.29) is 23.7 Å². The Morgan fingerprint density at radius 3 is 2.10 bits per heavy atom. The first kappa shape index (κ1) is 5.85. The Morgan fingerprint density at radius 1 is 1.10 bits per heavy atom. The van der Waals surface area contributed by atoms with Gasteiger partial charge in [-0.2, -0.15) is 0 Å². The molecule has 2 saturated heterocycles. The molecule has 0 bridgehead atoms. The van der Waals surface area contributed by atoms with Gasteiger partial charge in [0.25, 0.3) is 0 Å². The fourth-order valence-corrected chi connectivity index (χ4v) is 1.54. The van der Waals surface area contributed by atoms with Gasteiger partial charge in [0.2, 0.25) is 11.8 Å². The molecule has 54 valence electrons. The van der Waals surface area contributed by atoms with Gasteiger partial charge in [0.1, 0.15) is 0 Å². The minimum atomic E-state index is -0.111. The van der Waals surface area contributed by atoms with Crippen molar-refractivity contribution in [2.24, 2.45) is 11.8 Å². The molecule has 2 heterocycles. The second kappa shape index (κ2) is 1.79. The van der Waals surface area contributed by atoms with Crippen molar-refractivity contribution in [3.63, 3.8) is 0 Å². The van der Waals surface area contributed by atoms with E-state index in [9.17, 15) is 9.59 Å². The van der Waals surface area contributed by atoms with Crippen molar-refractivity contribution < 1.29 is 9.59 Å². The number of amides is 2. The topological polar surface area (TPSA) is 58.2 Å². The van der Waals surface area contributed by atoms with Gasteiger partial charge in [0.15, 0.2) is 0 Å². The van der Waals surface area contributed by atoms with E-state index in [0.717, 1.165) is 0 Å². The number of fused-ring (bicyclic) bond motifs is 1. The van der Waals surface area contributed by atoms with Crippen LogP contribution in [0.1, 0.15) is 0 Å². The van der Waals surface area contributed by atoms with Crippen molar-refractivity contribution in [3.8, 4) is 0 Å². The largest absolute Gasteiger partial charge is 0.315 e. The van der Waals surface area contributed by atoms with E-state index in [2.05, 4.69) is 10.6 Å². The molecule has 4 nitrogen and oxygen atoms in total. The van der Waals surface area contributed by atoms with E-state index in [0.29, 0.717) is 13.1 Å². The standard InChI is InChI=1S/C6H8N2O2/c9-5-3-1-7-2-4(3)6(10)8-5/h3-4,7H,1-2H2,(H,8,9,10)/t3-,4-/m1/s1. The van der Waals surface area contributed by atoms with Crippen LogP contribution in [0.2, 0.25) is 0 Å². The molecule has 0 aromatic carbocycles. The third kappa shape index (κ3) is 0.593. The van der Waals surface area contributed by atoms with Crippen LogP contribution in [-0.2, 0) is 9.59 Å². The monoisotopic (exact) mass is 140 g/mol. The van der Waals surface area contributed by atoms with Crippen molar-refractivity contribution in [1.82, 2.24) is 10.6 Å². The molecule has 2 N–H and O–H groups in total. The molecule has 0 saturated carbocycles. The number of carbonyl (C=O) groups is 2. The summed E-state index contributed by atoms with van der Waals surface area (Å²) >= 11 is 0. The summed E-state index contributed by atoms with van der Waals surface area (Å²) in [5, 5.41) is 5.30. The first-order chi connectivity index (χ1) is 4.79. The molecule has 0 aromatic rings. The maximum Gasteiger partial charge on any atom is 0.231 e. The Balaban J connectivity index is 2.27. The molecule has 10 heavy (non-hydrogen) atoms. The Labute approximate surface area is 58.0 Å². The first-order valence-corrected chi connectivity index (χ1v) is 3.34. The summed E-state index contributed by atoms with van der Waals surface area (Å²) in [6.07, 6.45) is 0. The Bertz CT molecular complexity index is 182. The van der Waals surface area contributed by atoms with Gasteiger partial charge in [-0.15, -0.1) is 0 Å². The van der Waals surface area contributed by atoms with Crippen molar-refractivity contribution in [1.29, 1.82) is 0 Å². The zero-order valence-corrected chi connectivity index (χ0v) is 5.39. The van der Waals surface area contributed by atoms with E-state index in [1.807, 2.05) is 0 Å². The van der Waals surface area contributed by atoms with Gasteiger partial charge in [-0.25, -0.2) is 0 Å². The van der Waals surface area contributed by atoms with Crippen molar-refractivity contribution in [2.75, 3.05) is 13.1 Å². The van der Waals surface area contributed by atoms with Gasteiger partial charge in [0.05, 0.1) is 11.8 Å². The van der Waals surface area contributed by atoms with E-state index in [1.54, 1.807) is 0 Å². The Morgan fingerprint density at radius 2 is 1.60 bits per heavy atom. The van der Waals surface area contributed by atoms with Gasteiger partial charge in [-0.3, -0.25) is 14.9 Å². The lowest BCUT2D eigenvalue weighted by Crippen LogP contribution is -2.28. The second-order valence-corrected chi connectivity index (χ2v) is 2.72. The average molecular weight is 140 g/mol. The number of carbonyl (C=O) groups excluding carboxylic acids is 2. The van der Waals surface area contributed by atoms with Crippen LogP contribution >= 0.6 is 0 Å². The van der Waals surface area contributed by atoms with Gasteiger partial charge >= 0.3 is 0 Å². The minimum absolute atomic E-state index is 0.0903. The maximum absolute atomic E-state index is 10.9. The predicted octanol–water partition coefficient (Wildman–Crippen LogP) is -1.52. The van der Waals surface area contributed by atoms with Crippen LogP contribution in [0.15, 0.2) is 0 Å². The lowest BCUT2D eigenvalue weighted by atomic mass is 10.00. The number of nitrogens with one attached hydrogen (secondary N) is 2. The van der Waals surface area contributed by atoms with Crippen LogP contribution in [0, 0.1) is 11.8 Å². The Kier molecular flexibility index (Phi) is 1.05. The van der Waals surface area contributed by atoms with Crippen LogP contribution in [0.5, 0.6) is 0 Å². The molecule has 0 radical (unpaired) electrons. The maximum atomic E-state index is 10.9. The predicted molar refractivity (Wildman–Crippen MR) is 33.0 cm³/mol. The molecule has 2 aliphatic rings. The van der Waals surface area contributed by atoms with Gasteiger partial charge in [-0.1, -0.05) is 0 Å². The lowest BCUT2D eigenvalue weighted by molar-refractivity contribution is -0.126. The Hall–Kier alpha value is -0.900. The zero-order chi connectivity index (χ0) is 7.14. The number of hydrogen-bond donors (Lipinski definition) is 2. The van der Waals surface area contributed by atoms with Crippen LogP contribution in [-0.4, -0.2) is 24.9 Å². The third-order valence-electron chi connectivity index (χ3n) is 2.13. The SMILES string of the molecule is O=C1NC(=O)[C@@H]2CNC[C@@H]12. The van der Waals surface area contributed by atoms with Gasteiger partial charge in [-0.05, 0) is 0 Å². The molecule has 0 aliphatic carbocycles. The summed E-state index contributed by atoms with van der Waals surface area (Å²) in [5.41, 5.74) is 0. The third-order valence-corrected chi connectivity index (χ3v) is 2.13. The highest BCUT2D eigenvalue weighted by molar-refractivity contribution is 6.05. The lowest BCUT2D eigenvalue weighted by Gasteiger charge is -1.97. The van der Waals surface area contributed by atoms with Crippen molar-refractivity contribution >= 4 is 11.8 Å². The van der Waals surface area contributed by atoms with Crippen LogP contribution in [0.4, 0.5) is 0 Å². The molecular formula is C6H8N2O2. The van der Waals surface area contributed by atoms with E-state index in [4.69, 9.17) is 0 Å². The number of hydrogen-bond acceptors (Lipinski definition) is 3. The smallest absolute Gasteiger partial charge is 0.231 e. The zero-order valence-electron chi connectivity index (χ0n) is 5.39. The number of rotatable bonds is 0. The molecular weight excluding hydrogens is 132 g/mol. The summed E-state index contributed by atoms with van der Waals surface area (Å²) < 4.78 is 0. The number of imide groups is 1. The van der Waals surface area contributed by atoms with Crippen molar-refractivity contribution in [2.45, 2.75) is 0 Å². The molecule has 0 aromatic heterocycles. The van der Waals surface area contributed by atoms with Gasteiger partial charge in [0, 0.05) is 13.1 Å². The van der Waals surface area contributed by atoms with Gasteiger partial charge < -0.3 is 5.32 Å². The molecule has 0 spiro atoms. The summed E-state index contributed by atoms with van der Waals surface area (Å²) in [4.78, 5) is 21.8. The molecule has 2 fully saturated rings. The van der Waals surface area contributed by atoms with Crippen LogP contribution < -0.4 is 10.6 Å². The van der Waals surface area contributed by atoms with Crippen LogP contribution in [0.3, 0.4) is 0 Å². The normalized spacial score (nSPS) is 38.0. The molecule has 2 rings (SSSR count). The molecule has 4 heteroatoms. The fraction of sp³-hybridized carbons (Fsp3) is 0.667. The highest BCUT2D eigenvalue weighted by Gasteiger charge is 2.44. The van der Waals surface area contributed by atoms with E-state index < -0.39 is 0 Å². The highest BCUT2D eigenvalue weighted by atomic mass is 16.2. The minimum Gasteiger partial charge on any atom is -0.315 e. The summed E-state index contributed by atoms with van der Waals surface area (Å²) in [6.45, 7) is 1.31. The summed E-state index contributed by atoms with van der Waals surface area (Å²) in [5.74, 6) is -0.403. The van der Waals surface area contributed by atoms with E-state index >= 15 is 0 Å². The fourth-order valence-electron chi connectivity index (χ4n) is 1.54. The molecule has 0 unspecified atom stereocenters. The van der Waals surface area contributed by atoms with E-state index in [1.165, 1.54) is 0 Å². The summed E-state index contributed by atoms with van der Waals surface area (Å²) in [7, 11) is 0. The summed E-state index contributed by atoms with van der Waals surface area (Å²) in [6, 6.07) is 0. The first-order valence-electron chi connectivity index (χ1n) is 3.34.